The highest BCUT2D eigenvalue weighted by atomic mass is 35.5. The summed E-state index contributed by atoms with van der Waals surface area (Å²) in [6.07, 6.45) is -2.36. The number of benzene rings is 1. The number of carbonyl (C=O) groups is 1. The molecule has 0 aliphatic carbocycles. The second kappa shape index (κ2) is 7.11. The summed E-state index contributed by atoms with van der Waals surface area (Å²) in [4.78, 5) is 15.8. The third-order valence-electron chi connectivity index (χ3n) is 3.60. The zero-order valence-electron chi connectivity index (χ0n) is 12.2. The average molecular weight is 334 g/mol. The SMILES string of the molecule is COc1cc(N)c(Cl)cc1C(=O)N1CCN(CC(F)F)CC1. The van der Waals surface area contributed by atoms with E-state index >= 15 is 0 Å². The number of piperazine rings is 1. The largest absolute Gasteiger partial charge is 0.496 e. The van der Waals surface area contributed by atoms with Crippen LogP contribution in [0.1, 0.15) is 10.4 Å². The lowest BCUT2D eigenvalue weighted by Crippen LogP contribution is -2.49. The first-order valence-electron chi connectivity index (χ1n) is 6.85. The molecular weight excluding hydrogens is 316 g/mol. The van der Waals surface area contributed by atoms with Gasteiger partial charge in [0, 0.05) is 32.2 Å². The molecule has 1 saturated heterocycles. The maximum Gasteiger partial charge on any atom is 0.257 e. The first kappa shape index (κ1) is 16.8. The quantitative estimate of drug-likeness (QED) is 0.856. The molecule has 22 heavy (non-hydrogen) atoms. The van der Waals surface area contributed by atoms with Crippen LogP contribution >= 0.6 is 11.6 Å². The van der Waals surface area contributed by atoms with Gasteiger partial charge in [-0.25, -0.2) is 8.78 Å². The number of carbonyl (C=O) groups excluding carboxylic acids is 1. The highest BCUT2D eigenvalue weighted by Gasteiger charge is 2.26. The Labute approximate surface area is 132 Å². The summed E-state index contributed by atoms with van der Waals surface area (Å²) in [5.74, 6) is 0.109. The highest BCUT2D eigenvalue weighted by molar-refractivity contribution is 6.33. The number of hydrogen-bond donors (Lipinski definition) is 1. The number of nitrogens with two attached hydrogens (primary N) is 1. The summed E-state index contributed by atoms with van der Waals surface area (Å²) >= 11 is 5.96. The fourth-order valence-corrected chi connectivity index (χ4v) is 2.57. The maximum atomic E-state index is 12.6. The summed E-state index contributed by atoms with van der Waals surface area (Å²) in [6, 6.07) is 2.98. The molecule has 0 unspecified atom stereocenters. The Morgan fingerprint density at radius 1 is 1.36 bits per heavy atom. The Balaban J connectivity index is 2.08. The zero-order chi connectivity index (χ0) is 16.3. The van der Waals surface area contributed by atoms with Gasteiger partial charge in [-0.2, -0.15) is 0 Å². The van der Waals surface area contributed by atoms with Crippen LogP contribution in [0.25, 0.3) is 0 Å². The van der Waals surface area contributed by atoms with E-state index in [0.717, 1.165) is 0 Å². The molecule has 8 heteroatoms. The molecule has 0 bridgehead atoms. The monoisotopic (exact) mass is 333 g/mol. The topological polar surface area (TPSA) is 58.8 Å². The third kappa shape index (κ3) is 3.78. The Morgan fingerprint density at radius 3 is 2.55 bits per heavy atom. The summed E-state index contributed by atoms with van der Waals surface area (Å²) in [5, 5.41) is 0.278. The predicted octanol–water partition coefficient (Wildman–Crippen LogP) is 1.95. The van der Waals surface area contributed by atoms with Gasteiger partial charge in [0.2, 0.25) is 0 Å². The Bertz CT molecular complexity index is 549. The van der Waals surface area contributed by atoms with Gasteiger partial charge in [0.25, 0.3) is 12.3 Å². The minimum Gasteiger partial charge on any atom is -0.496 e. The second-order valence-corrected chi connectivity index (χ2v) is 5.47. The second-order valence-electron chi connectivity index (χ2n) is 5.06. The third-order valence-corrected chi connectivity index (χ3v) is 3.93. The normalized spacial score (nSPS) is 16.1. The summed E-state index contributed by atoms with van der Waals surface area (Å²) in [5.41, 5.74) is 6.35. The summed E-state index contributed by atoms with van der Waals surface area (Å²) in [7, 11) is 1.44. The van der Waals surface area contributed by atoms with E-state index in [1.165, 1.54) is 19.2 Å². The smallest absolute Gasteiger partial charge is 0.257 e. The van der Waals surface area contributed by atoms with Crippen molar-refractivity contribution in [1.29, 1.82) is 0 Å². The fraction of sp³-hybridized carbons (Fsp3) is 0.500. The first-order chi connectivity index (χ1) is 10.4. The number of ether oxygens (including phenoxy) is 1. The van der Waals surface area contributed by atoms with E-state index in [1.807, 2.05) is 0 Å². The molecule has 1 heterocycles. The molecule has 0 radical (unpaired) electrons. The predicted molar refractivity (Wildman–Crippen MR) is 80.8 cm³/mol. The molecule has 1 fully saturated rings. The molecule has 2 rings (SSSR count). The van der Waals surface area contributed by atoms with E-state index in [-0.39, 0.29) is 17.5 Å². The minimum atomic E-state index is -2.36. The molecule has 0 aromatic heterocycles. The van der Waals surface area contributed by atoms with Gasteiger partial charge in [0.05, 0.1) is 29.9 Å². The van der Waals surface area contributed by atoms with Gasteiger partial charge in [-0.3, -0.25) is 9.69 Å². The van der Waals surface area contributed by atoms with Crippen LogP contribution in [0.4, 0.5) is 14.5 Å². The van der Waals surface area contributed by atoms with Gasteiger partial charge in [-0.1, -0.05) is 11.6 Å². The van der Waals surface area contributed by atoms with E-state index < -0.39 is 6.43 Å². The molecule has 1 aromatic carbocycles. The number of methoxy groups -OCH3 is 1. The average Bonchev–Trinajstić information content (AvgIpc) is 2.49. The zero-order valence-corrected chi connectivity index (χ0v) is 12.9. The molecule has 1 amide bonds. The minimum absolute atomic E-state index is 0.240. The number of nitrogens with zero attached hydrogens (tertiary/aromatic N) is 2. The molecule has 1 aromatic rings. The Morgan fingerprint density at radius 2 is 2.00 bits per heavy atom. The van der Waals surface area contributed by atoms with Crippen molar-refractivity contribution in [2.75, 3.05) is 45.6 Å². The van der Waals surface area contributed by atoms with Crippen LogP contribution in [0, 0.1) is 0 Å². The van der Waals surface area contributed by atoms with Gasteiger partial charge in [-0.05, 0) is 6.07 Å². The number of hydrogen-bond acceptors (Lipinski definition) is 4. The van der Waals surface area contributed by atoms with Crippen LogP contribution in [-0.2, 0) is 0 Å². The van der Waals surface area contributed by atoms with Crippen molar-refractivity contribution in [3.8, 4) is 5.75 Å². The summed E-state index contributed by atoms with van der Waals surface area (Å²) < 4.78 is 29.9. The van der Waals surface area contributed by atoms with Gasteiger partial charge in [0.1, 0.15) is 5.75 Å². The fourth-order valence-electron chi connectivity index (χ4n) is 2.40. The molecule has 0 saturated carbocycles. The highest BCUT2D eigenvalue weighted by Crippen LogP contribution is 2.30. The summed E-state index contributed by atoms with van der Waals surface area (Å²) in [6.45, 7) is 1.34. The van der Waals surface area contributed by atoms with Crippen LogP contribution in [0.5, 0.6) is 5.75 Å². The first-order valence-corrected chi connectivity index (χ1v) is 7.23. The molecular formula is C14H18ClF2N3O2. The van der Waals surface area contributed by atoms with Crippen molar-refractivity contribution in [3.63, 3.8) is 0 Å². The van der Waals surface area contributed by atoms with Crippen LogP contribution in [-0.4, -0.2) is 62.0 Å². The molecule has 5 nitrogen and oxygen atoms in total. The van der Waals surface area contributed by atoms with Crippen LogP contribution < -0.4 is 10.5 Å². The van der Waals surface area contributed by atoms with Crippen LogP contribution in [0.15, 0.2) is 12.1 Å². The number of amides is 1. The van der Waals surface area contributed by atoms with Crippen molar-refractivity contribution in [1.82, 2.24) is 9.80 Å². The van der Waals surface area contributed by atoms with Crippen molar-refractivity contribution in [2.45, 2.75) is 6.43 Å². The molecule has 122 valence electrons. The van der Waals surface area contributed by atoms with E-state index in [0.29, 0.717) is 43.2 Å². The standard InChI is InChI=1S/C14H18ClF2N3O2/c1-22-12-7-11(18)10(15)6-9(12)14(21)20-4-2-19(3-5-20)8-13(16)17/h6-7,13H,2-5,8,18H2,1H3. The van der Waals surface area contributed by atoms with Crippen molar-refractivity contribution in [2.24, 2.45) is 0 Å². The van der Waals surface area contributed by atoms with Gasteiger partial charge >= 0.3 is 0 Å². The molecule has 0 atom stereocenters. The number of anilines is 1. The number of halogens is 3. The van der Waals surface area contributed by atoms with Crippen molar-refractivity contribution in [3.05, 3.63) is 22.7 Å². The number of rotatable bonds is 4. The van der Waals surface area contributed by atoms with E-state index in [9.17, 15) is 13.6 Å². The number of nitrogen functional groups attached to an aromatic ring is 1. The molecule has 2 N–H and O–H groups in total. The van der Waals surface area contributed by atoms with Crippen LogP contribution in [0.3, 0.4) is 0 Å². The van der Waals surface area contributed by atoms with Crippen molar-refractivity contribution < 1.29 is 18.3 Å². The number of alkyl halides is 2. The van der Waals surface area contributed by atoms with E-state index in [4.69, 9.17) is 22.1 Å². The van der Waals surface area contributed by atoms with Crippen molar-refractivity contribution >= 4 is 23.2 Å². The van der Waals surface area contributed by atoms with Gasteiger partial charge < -0.3 is 15.4 Å². The van der Waals surface area contributed by atoms with Gasteiger partial charge in [-0.15, -0.1) is 0 Å². The Hall–Kier alpha value is -1.60. The Kier molecular flexibility index (Phi) is 5.42. The maximum absolute atomic E-state index is 12.6. The lowest BCUT2D eigenvalue weighted by atomic mass is 10.1. The van der Waals surface area contributed by atoms with Crippen LogP contribution in [0.2, 0.25) is 5.02 Å². The van der Waals surface area contributed by atoms with E-state index in [1.54, 1.807) is 9.80 Å². The lowest BCUT2D eigenvalue weighted by Gasteiger charge is -2.34. The molecule has 0 spiro atoms. The molecule has 1 aliphatic rings. The van der Waals surface area contributed by atoms with Gasteiger partial charge in [0.15, 0.2) is 0 Å². The lowest BCUT2D eigenvalue weighted by molar-refractivity contribution is 0.0457. The molecule has 1 aliphatic heterocycles. The van der Waals surface area contributed by atoms with E-state index in [2.05, 4.69) is 0 Å².